The van der Waals surface area contributed by atoms with Crippen LogP contribution >= 0.6 is 0 Å². The number of ether oxygens (including phenoxy) is 1. The molecule has 1 aliphatic heterocycles. The maximum atomic E-state index is 12.7. The molecule has 1 atom stereocenters. The first-order chi connectivity index (χ1) is 12.6. The largest absolute Gasteiger partial charge is 0.493 e. The minimum absolute atomic E-state index is 0.128. The summed E-state index contributed by atoms with van der Waals surface area (Å²) < 4.78 is 6.00. The Bertz CT molecular complexity index is 1040. The van der Waals surface area contributed by atoms with Crippen molar-refractivity contribution in [2.75, 3.05) is 6.61 Å². The summed E-state index contributed by atoms with van der Waals surface area (Å²) in [6.45, 7) is 2.39. The molecule has 0 fully saturated rings. The third-order valence-corrected chi connectivity index (χ3v) is 4.77. The van der Waals surface area contributed by atoms with Gasteiger partial charge in [-0.15, -0.1) is 0 Å². The first-order valence-corrected chi connectivity index (χ1v) is 8.79. The van der Waals surface area contributed by atoms with E-state index in [0.29, 0.717) is 6.61 Å². The summed E-state index contributed by atoms with van der Waals surface area (Å²) >= 11 is 0. The molecule has 0 saturated carbocycles. The van der Waals surface area contributed by atoms with E-state index in [-0.39, 0.29) is 23.1 Å². The van der Waals surface area contributed by atoms with Crippen LogP contribution in [0.5, 0.6) is 5.75 Å². The van der Waals surface area contributed by atoms with Gasteiger partial charge in [0.25, 0.3) is 11.5 Å². The summed E-state index contributed by atoms with van der Waals surface area (Å²) in [4.78, 5) is 27.4. The fourth-order valence-corrected chi connectivity index (χ4v) is 3.45. The Hall–Kier alpha value is -3.08. The Morgan fingerprint density at radius 2 is 2.00 bits per heavy atom. The number of nitrogens with one attached hydrogen (secondary N) is 2. The van der Waals surface area contributed by atoms with Crippen LogP contribution in [0.25, 0.3) is 10.8 Å². The molecule has 0 radical (unpaired) electrons. The average Bonchev–Trinajstić information content (AvgIpc) is 2.84. The lowest BCUT2D eigenvalue weighted by molar-refractivity contribution is 0.0933. The van der Waals surface area contributed by atoms with Gasteiger partial charge < -0.3 is 15.0 Å². The van der Waals surface area contributed by atoms with E-state index in [4.69, 9.17) is 4.74 Å². The van der Waals surface area contributed by atoms with Gasteiger partial charge in [0, 0.05) is 16.6 Å². The first-order valence-electron chi connectivity index (χ1n) is 8.79. The van der Waals surface area contributed by atoms with Crippen LogP contribution in [0.1, 0.15) is 40.5 Å². The highest BCUT2D eigenvalue weighted by Gasteiger charge is 2.24. The molecule has 5 nitrogen and oxygen atoms in total. The number of aromatic amines is 1. The minimum Gasteiger partial charge on any atom is -0.493 e. The minimum atomic E-state index is -0.369. The zero-order valence-corrected chi connectivity index (χ0v) is 14.5. The van der Waals surface area contributed by atoms with Crippen LogP contribution in [-0.2, 0) is 0 Å². The van der Waals surface area contributed by atoms with Gasteiger partial charge in [0.1, 0.15) is 11.3 Å². The van der Waals surface area contributed by atoms with Crippen molar-refractivity contribution in [1.29, 1.82) is 0 Å². The number of pyridine rings is 1. The average molecular weight is 348 g/mol. The second-order valence-electron chi connectivity index (χ2n) is 6.61. The third-order valence-electron chi connectivity index (χ3n) is 4.77. The number of carbonyl (C=O) groups is 1. The molecule has 5 heteroatoms. The van der Waals surface area contributed by atoms with Gasteiger partial charge in [-0.3, -0.25) is 9.59 Å². The normalized spacial score (nSPS) is 16.4. The van der Waals surface area contributed by atoms with Gasteiger partial charge in [0.05, 0.1) is 12.6 Å². The predicted molar refractivity (Wildman–Crippen MR) is 101 cm³/mol. The van der Waals surface area contributed by atoms with Gasteiger partial charge >= 0.3 is 0 Å². The van der Waals surface area contributed by atoms with Crippen molar-refractivity contribution in [3.8, 4) is 5.75 Å². The summed E-state index contributed by atoms with van der Waals surface area (Å²) in [7, 11) is 0. The summed E-state index contributed by atoms with van der Waals surface area (Å²) in [6, 6.07) is 15.2. The Labute approximate surface area is 151 Å². The maximum Gasteiger partial charge on any atom is 0.260 e. The molecule has 4 rings (SSSR count). The fourth-order valence-electron chi connectivity index (χ4n) is 3.45. The van der Waals surface area contributed by atoms with Crippen LogP contribution in [-0.4, -0.2) is 17.5 Å². The standard InChI is InChI=1S/C21H20N2O3/c1-13-8-10-17(20(24)22-13)21(25)23-18-7-4-12-26-19-15-6-3-2-5-14(15)9-11-16(18)19/h2-3,5-6,8-11,18H,4,7,12H2,1H3,(H,22,24)(H,23,25)/t18-/m0/s1. The van der Waals surface area contributed by atoms with Crippen LogP contribution in [0, 0.1) is 6.92 Å². The zero-order valence-electron chi connectivity index (χ0n) is 14.5. The molecule has 2 N–H and O–H groups in total. The molecule has 0 spiro atoms. The SMILES string of the molecule is Cc1ccc(C(=O)N[C@H]2CCCOc3c2ccc2ccccc32)c(=O)[nH]1. The summed E-state index contributed by atoms with van der Waals surface area (Å²) in [5.74, 6) is 0.459. The Morgan fingerprint density at radius 1 is 1.15 bits per heavy atom. The van der Waals surface area contributed by atoms with E-state index in [1.807, 2.05) is 36.4 Å². The number of aromatic nitrogens is 1. The van der Waals surface area contributed by atoms with Crippen LogP contribution in [0.15, 0.2) is 53.3 Å². The van der Waals surface area contributed by atoms with Crippen LogP contribution in [0.2, 0.25) is 0 Å². The smallest absolute Gasteiger partial charge is 0.260 e. The van der Waals surface area contributed by atoms with E-state index in [9.17, 15) is 9.59 Å². The molecule has 2 heterocycles. The highest BCUT2D eigenvalue weighted by Crippen LogP contribution is 2.37. The molecule has 1 aromatic heterocycles. The number of amides is 1. The van der Waals surface area contributed by atoms with Crippen molar-refractivity contribution in [2.45, 2.75) is 25.8 Å². The van der Waals surface area contributed by atoms with Crippen LogP contribution < -0.4 is 15.6 Å². The molecule has 0 saturated heterocycles. The second kappa shape index (κ2) is 6.67. The van der Waals surface area contributed by atoms with Crippen molar-refractivity contribution < 1.29 is 9.53 Å². The Morgan fingerprint density at radius 3 is 2.85 bits per heavy atom. The van der Waals surface area contributed by atoms with E-state index in [0.717, 1.165) is 40.6 Å². The third kappa shape index (κ3) is 2.96. The number of fused-ring (bicyclic) bond motifs is 3. The van der Waals surface area contributed by atoms with Gasteiger partial charge in [-0.25, -0.2) is 0 Å². The number of hydrogen-bond donors (Lipinski definition) is 2. The molecule has 0 bridgehead atoms. The van der Waals surface area contributed by atoms with Gasteiger partial charge in [-0.1, -0.05) is 36.4 Å². The van der Waals surface area contributed by atoms with Crippen molar-refractivity contribution >= 4 is 16.7 Å². The van der Waals surface area contributed by atoms with Crippen molar-refractivity contribution in [2.24, 2.45) is 0 Å². The molecule has 1 amide bonds. The summed E-state index contributed by atoms with van der Waals surface area (Å²) in [5.41, 5.74) is 1.44. The molecule has 132 valence electrons. The molecule has 0 unspecified atom stereocenters. The molecular weight excluding hydrogens is 328 g/mol. The van der Waals surface area contributed by atoms with Gasteiger partial charge in [0.2, 0.25) is 0 Å². The Balaban J connectivity index is 1.71. The second-order valence-corrected chi connectivity index (χ2v) is 6.61. The first kappa shape index (κ1) is 16.4. The maximum absolute atomic E-state index is 12.7. The van der Waals surface area contributed by atoms with E-state index in [2.05, 4.69) is 10.3 Å². The number of H-pyrrole nitrogens is 1. The summed E-state index contributed by atoms with van der Waals surface area (Å²) in [6.07, 6.45) is 1.60. The molecule has 26 heavy (non-hydrogen) atoms. The van der Waals surface area contributed by atoms with Crippen molar-refractivity contribution in [3.63, 3.8) is 0 Å². The van der Waals surface area contributed by atoms with Crippen LogP contribution in [0.3, 0.4) is 0 Å². The lowest BCUT2D eigenvalue weighted by atomic mass is 9.97. The molecular formula is C21H20N2O3. The zero-order chi connectivity index (χ0) is 18.1. The van der Waals surface area contributed by atoms with E-state index in [1.165, 1.54) is 0 Å². The number of rotatable bonds is 2. The highest BCUT2D eigenvalue weighted by atomic mass is 16.5. The quantitative estimate of drug-likeness (QED) is 0.745. The predicted octanol–water partition coefficient (Wildman–Crippen LogP) is 3.48. The molecule has 0 aliphatic carbocycles. The number of carbonyl (C=O) groups excluding carboxylic acids is 1. The summed E-state index contributed by atoms with van der Waals surface area (Å²) in [5, 5.41) is 5.16. The van der Waals surface area contributed by atoms with Gasteiger partial charge in [0.15, 0.2) is 0 Å². The lowest BCUT2D eigenvalue weighted by Gasteiger charge is -2.19. The number of benzene rings is 2. The molecule has 1 aliphatic rings. The van der Waals surface area contributed by atoms with E-state index >= 15 is 0 Å². The monoisotopic (exact) mass is 348 g/mol. The van der Waals surface area contributed by atoms with Crippen molar-refractivity contribution in [3.05, 3.63) is 75.7 Å². The fraction of sp³-hybridized carbons (Fsp3) is 0.238. The molecule has 2 aromatic carbocycles. The number of aryl methyl sites for hydroxylation is 1. The lowest BCUT2D eigenvalue weighted by Crippen LogP contribution is -2.32. The van der Waals surface area contributed by atoms with Crippen LogP contribution in [0.4, 0.5) is 0 Å². The topological polar surface area (TPSA) is 71.2 Å². The Kier molecular flexibility index (Phi) is 4.21. The number of hydrogen-bond acceptors (Lipinski definition) is 3. The highest BCUT2D eigenvalue weighted by molar-refractivity contribution is 5.94. The van der Waals surface area contributed by atoms with E-state index < -0.39 is 0 Å². The van der Waals surface area contributed by atoms with Crippen molar-refractivity contribution in [1.82, 2.24) is 10.3 Å². The van der Waals surface area contributed by atoms with Gasteiger partial charge in [-0.05, 0) is 37.3 Å². The molecule has 3 aromatic rings. The van der Waals surface area contributed by atoms with E-state index in [1.54, 1.807) is 19.1 Å². The van der Waals surface area contributed by atoms with Gasteiger partial charge in [-0.2, -0.15) is 0 Å².